The Balaban J connectivity index is 1.63. The lowest BCUT2D eigenvalue weighted by Crippen LogP contribution is -2.46. The lowest BCUT2D eigenvalue weighted by Gasteiger charge is -2.37. The molecule has 1 aliphatic heterocycles. The first-order valence-electron chi connectivity index (χ1n) is 9.23. The molecule has 4 rings (SSSR count). The number of aromatic amines is 1. The number of fused-ring (bicyclic) bond motifs is 1. The second-order valence-corrected chi connectivity index (χ2v) is 7.05. The quantitative estimate of drug-likeness (QED) is 0.768. The predicted octanol–water partition coefficient (Wildman–Crippen LogP) is 3.10. The predicted molar refractivity (Wildman–Crippen MR) is 105 cm³/mol. The minimum atomic E-state index is 0.254. The topological polar surface area (TPSA) is 44.4 Å². The normalized spacial score (nSPS) is 17.5. The number of likely N-dealkylation sites (N-methyl/N-ethyl adjacent to an activating group) is 1. The summed E-state index contributed by atoms with van der Waals surface area (Å²) >= 11 is 0. The van der Waals surface area contributed by atoms with Crippen molar-refractivity contribution in [2.24, 2.45) is 0 Å². The first-order valence-corrected chi connectivity index (χ1v) is 9.23. The molecule has 136 valence electrons. The molecule has 0 radical (unpaired) electrons. The Morgan fingerprint density at radius 2 is 1.77 bits per heavy atom. The third-order valence-corrected chi connectivity index (χ3v) is 5.29. The number of benzene rings is 2. The molecule has 1 N–H and O–H groups in total. The number of aromatic nitrogens is 2. The first-order chi connectivity index (χ1) is 12.7. The van der Waals surface area contributed by atoms with Gasteiger partial charge in [-0.25, -0.2) is 4.98 Å². The van der Waals surface area contributed by atoms with Crippen molar-refractivity contribution < 1.29 is 4.74 Å². The van der Waals surface area contributed by atoms with E-state index in [1.54, 1.807) is 7.11 Å². The van der Waals surface area contributed by atoms with Gasteiger partial charge in [-0.15, -0.1) is 0 Å². The van der Waals surface area contributed by atoms with Crippen LogP contribution in [0.25, 0.3) is 11.0 Å². The lowest BCUT2D eigenvalue weighted by atomic mass is 10.0. The van der Waals surface area contributed by atoms with E-state index in [1.807, 2.05) is 18.2 Å². The second-order valence-electron chi connectivity index (χ2n) is 7.05. The molecule has 0 spiro atoms. The third-order valence-electron chi connectivity index (χ3n) is 5.29. The minimum Gasteiger partial charge on any atom is -0.497 e. The average molecular weight is 350 g/mol. The van der Waals surface area contributed by atoms with Crippen molar-refractivity contribution in [3.63, 3.8) is 0 Å². The van der Waals surface area contributed by atoms with Crippen LogP contribution in [-0.2, 0) is 6.42 Å². The number of piperazine rings is 1. The van der Waals surface area contributed by atoms with Crippen molar-refractivity contribution in [3.05, 3.63) is 59.9 Å². The van der Waals surface area contributed by atoms with Crippen LogP contribution in [0.4, 0.5) is 0 Å². The summed E-state index contributed by atoms with van der Waals surface area (Å²) in [4.78, 5) is 13.4. The number of nitrogens with one attached hydrogen (secondary N) is 1. The van der Waals surface area contributed by atoms with Crippen molar-refractivity contribution in [1.29, 1.82) is 0 Å². The van der Waals surface area contributed by atoms with E-state index in [9.17, 15) is 0 Å². The smallest absolute Gasteiger partial charge is 0.125 e. The van der Waals surface area contributed by atoms with E-state index in [0.717, 1.165) is 55.2 Å². The van der Waals surface area contributed by atoms with Crippen LogP contribution >= 0.6 is 0 Å². The Bertz CT molecular complexity index is 817. The second kappa shape index (κ2) is 7.48. The Hall–Kier alpha value is -2.37. The number of nitrogens with zero attached hydrogens (tertiary/aromatic N) is 3. The molecular weight excluding hydrogens is 324 g/mol. The maximum atomic E-state index is 5.29. The summed E-state index contributed by atoms with van der Waals surface area (Å²) in [6, 6.07) is 16.9. The molecule has 0 aliphatic carbocycles. The SMILES string of the molecule is COc1ccc(C[C@H](c2nc3ccccc3[nH]2)N2CCN(C)CC2)cc1. The molecule has 5 heteroatoms. The summed E-state index contributed by atoms with van der Waals surface area (Å²) in [5.41, 5.74) is 3.45. The average Bonchev–Trinajstić information content (AvgIpc) is 3.11. The highest BCUT2D eigenvalue weighted by atomic mass is 16.5. The van der Waals surface area contributed by atoms with Gasteiger partial charge in [0.2, 0.25) is 0 Å². The van der Waals surface area contributed by atoms with Crippen LogP contribution in [0, 0.1) is 0 Å². The van der Waals surface area contributed by atoms with Crippen molar-refractivity contribution in [2.45, 2.75) is 12.5 Å². The number of ether oxygens (including phenoxy) is 1. The zero-order valence-electron chi connectivity index (χ0n) is 15.5. The van der Waals surface area contributed by atoms with E-state index >= 15 is 0 Å². The Kier molecular flexibility index (Phi) is 4.91. The molecule has 0 bridgehead atoms. The fraction of sp³-hybridized carbons (Fsp3) is 0.381. The highest BCUT2D eigenvalue weighted by Gasteiger charge is 2.26. The molecule has 1 saturated heterocycles. The van der Waals surface area contributed by atoms with Crippen LogP contribution in [0.2, 0.25) is 0 Å². The van der Waals surface area contributed by atoms with Crippen LogP contribution in [0.15, 0.2) is 48.5 Å². The van der Waals surface area contributed by atoms with E-state index in [2.05, 4.69) is 52.2 Å². The fourth-order valence-corrected chi connectivity index (χ4v) is 3.65. The molecule has 1 fully saturated rings. The van der Waals surface area contributed by atoms with Crippen molar-refractivity contribution >= 4 is 11.0 Å². The molecular formula is C21H26N4O. The van der Waals surface area contributed by atoms with Gasteiger partial charge in [-0.3, -0.25) is 4.90 Å². The van der Waals surface area contributed by atoms with Crippen molar-refractivity contribution in [1.82, 2.24) is 19.8 Å². The van der Waals surface area contributed by atoms with E-state index in [4.69, 9.17) is 9.72 Å². The van der Waals surface area contributed by atoms with Gasteiger partial charge in [0.05, 0.1) is 24.2 Å². The van der Waals surface area contributed by atoms with Gasteiger partial charge in [-0.2, -0.15) is 0 Å². The first kappa shape index (κ1) is 17.1. The maximum absolute atomic E-state index is 5.29. The fourth-order valence-electron chi connectivity index (χ4n) is 3.65. The van der Waals surface area contributed by atoms with E-state index in [0.29, 0.717) is 0 Å². The highest BCUT2D eigenvalue weighted by Crippen LogP contribution is 2.27. The third kappa shape index (κ3) is 3.59. The summed E-state index contributed by atoms with van der Waals surface area (Å²) < 4.78 is 5.29. The van der Waals surface area contributed by atoms with Crippen LogP contribution in [0.3, 0.4) is 0 Å². The summed E-state index contributed by atoms with van der Waals surface area (Å²) in [7, 11) is 3.90. The zero-order chi connectivity index (χ0) is 17.9. The molecule has 0 saturated carbocycles. The summed E-state index contributed by atoms with van der Waals surface area (Å²) in [5, 5.41) is 0. The molecule has 1 atom stereocenters. The standard InChI is InChI=1S/C21H26N4O/c1-24-11-13-25(14-12-24)20(15-16-7-9-17(26-2)10-8-16)21-22-18-5-3-4-6-19(18)23-21/h3-10,20H,11-15H2,1-2H3,(H,22,23)/t20-/m1/s1. The van der Waals surface area contributed by atoms with Crippen LogP contribution < -0.4 is 4.74 Å². The molecule has 0 amide bonds. The molecule has 1 aliphatic rings. The lowest BCUT2D eigenvalue weighted by molar-refractivity contribution is 0.107. The number of methoxy groups -OCH3 is 1. The number of hydrogen-bond donors (Lipinski definition) is 1. The maximum Gasteiger partial charge on any atom is 0.125 e. The van der Waals surface area contributed by atoms with Gasteiger partial charge in [0.25, 0.3) is 0 Å². The van der Waals surface area contributed by atoms with Crippen LogP contribution in [0.1, 0.15) is 17.4 Å². The summed E-state index contributed by atoms with van der Waals surface area (Å²) in [6.45, 7) is 4.32. The molecule has 2 heterocycles. The minimum absolute atomic E-state index is 0.254. The number of hydrogen-bond acceptors (Lipinski definition) is 4. The Labute approximate surface area is 154 Å². The molecule has 1 aromatic heterocycles. The van der Waals surface area contributed by atoms with Gasteiger partial charge in [-0.1, -0.05) is 24.3 Å². The summed E-state index contributed by atoms with van der Waals surface area (Å²) in [5.74, 6) is 1.96. The molecule has 5 nitrogen and oxygen atoms in total. The molecule has 26 heavy (non-hydrogen) atoms. The molecule has 0 unspecified atom stereocenters. The van der Waals surface area contributed by atoms with Gasteiger partial charge in [0, 0.05) is 26.2 Å². The van der Waals surface area contributed by atoms with Crippen molar-refractivity contribution in [2.75, 3.05) is 40.3 Å². The highest BCUT2D eigenvalue weighted by molar-refractivity contribution is 5.74. The van der Waals surface area contributed by atoms with E-state index < -0.39 is 0 Å². The van der Waals surface area contributed by atoms with Crippen molar-refractivity contribution in [3.8, 4) is 5.75 Å². The largest absolute Gasteiger partial charge is 0.497 e. The molecule has 3 aromatic rings. The Morgan fingerprint density at radius 1 is 1.04 bits per heavy atom. The van der Waals surface area contributed by atoms with Crippen LogP contribution in [-0.4, -0.2) is 60.1 Å². The van der Waals surface area contributed by atoms with Gasteiger partial charge in [0.1, 0.15) is 11.6 Å². The monoisotopic (exact) mass is 350 g/mol. The number of imidazole rings is 1. The summed E-state index contributed by atoms with van der Waals surface area (Å²) in [6.07, 6.45) is 0.938. The Morgan fingerprint density at radius 3 is 2.46 bits per heavy atom. The van der Waals surface area contributed by atoms with Gasteiger partial charge in [-0.05, 0) is 43.3 Å². The number of para-hydroxylation sites is 2. The van der Waals surface area contributed by atoms with E-state index in [-0.39, 0.29) is 6.04 Å². The zero-order valence-corrected chi connectivity index (χ0v) is 15.5. The number of rotatable bonds is 5. The molecule has 2 aromatic carbocycles. The van der Waals surface area contributed by atoms with Crippen LogP contribution in [0.5, 0.6) is 5.75 Å². The van der Waals surface area contributed by atoms with Gasteiger partial charge in [0.15, 0.2) is 0 Å². The van der Waals surface area contributed by atoms with Gasteiger partial charge < -0.3 is 14.6 Å². The van der Waals surface area contributed by atoms with Gasteiger partial charge >= 0.3 is 0 Å². The number of H-pyrrole nitrogens is 1. The van der Waals surface area contributed by atoms with E-state index in [1.165, 1.54) is 5.56 Å².